The van der Waals surface area contributed by atoms with E-state index in [1.54, 1.807) is 0 Å². The van der Waals surface area contributed by atoms with Crippen LogP contribution < -0.4 is 10.2 Å². The number of aromatic nitrogens is 1. The van der Waals surface area contributed by atoms with Crippen LogP contribution in [0.4, 0.5) is 11.4 Å². The van der Waals surface area contributed by atoms with Gasteiger partial charge in [-0.3, -0.25) is 4.79 Å². The smallest absolute Gasteiger partial charge is 0.239 e. The number of benzene rings is 2. The van der Waals surface area contributed by atoms with E-state index in [4.69, 9.17) is 34.8 Å². The zero-order valence-electron chi connectivity index (χ0n) is 17.2. The lowest BCUT2D eigenvalue weighted by Crippen LogP contribution is -2.19. The van der Waals surface area contributed by atoms with E-state index in [1.807, 2.05) is 43.3 Å². The van der Waals surface area contributed by atoms with Crippen LogP contribution in [0.5, 0.6) is 0 Å². The van der Waals surface area contributed by atoms with Gasteiger partial charge in [0.15, 0.2) is 0 Å². The Hall–Kier alpha value is -2.40. The first-order valence-electron chi connectivity index (χ1n) is 9.90. The van der Waals surface area contributed by atoms with Gasteiger partial charge in [-0.15, -0.1) is 11.6 Å². The van der Waals surface area contributed by atoms with Crippen LogP contribution >= 0.6 is 34.8 Å². The topological polar surface area (TPSA) is 48.1 Å². The molecule has 2 heterocycles. The molecule has 1 amide bonds. The molecule has 3 aromatic rings. The quantitative estimate of drug-likeness (QED) is 0.405. The first-order valence-corrected chi connectivity index (χ1v) is 11.2. The molecule has 31 heavy (non-hydrogen) atoms. The maximum absolute atomic E-state index is 11.8. The Morgan fingerprint density at radius 2 is 1.94 bits per heavy atom. The summed E-state index contributed by atoms with van der Waals surface area (Å²) in [4.78, 5) is 17.5. The number of carbonyl (C=O) groups is 1. The second-order valence-electron chi connectivity index (χ2n) is 7.74. The van der Waals surface area contributed by atoms with Crippen molar-refractivity contribution in [3.05, 3.63) is 80.6 Å². The number of halogens is 3. The molecule has 1 aromatic heterocycles. The molecule has 1 aliphatic rings. The van der Waals surface area contributed by atoms with Crippen molar-refractivity contribution in [1.29, 1.82) is 0 Å². The van der Waals surface area contributed by atoms with E-state index in [1.165, 1.54) is 11.1 Å². The second-order valence-corrected chi connectivity index (χ2v) is 8.82. The molecule has 0 radical (unpaired) electrons. The molecule has 0 saturated carbocycles. The maximum atomic E-state index is 11.8. The summed E-state index contributed by atoms with van der Waals surface area (Å²) in [6, 6.07) is 13.8. The third kappa shape index (κ3) is 4.77. The van der Waals surface area contributed by atoms with Gasteiger partial charge in [-0.05, 0) is 73.0 Å². The predicted octanol–water partition coefficient (Wildman–Crippen LogP) is 6.68. The summed E-state index contributed by atoms with van der Waals surface area (Å²) in [5, 5.41) is 3.94. The largest absolute Gasteiger partial charge is 0.362 e. The molecule has 1 aliphatic heterocycles. The summed E-state index contributed by atoms with van der Waals surface area (Å²) in [5.74, 6) is -0.307. The van der Waals surface area contributed by atoms with Crippen LogP contribution in [0.25, 0.3) is 11.6 Å². The highest BCUT2D eigenvalue weighted by Gasteiger charge is 2.25. The molecular formula is C24H22Cl3N3O. The van der Waals surface area contributed by atoms with E-state index in [9.17, 15) is 4.79 Å². The number of hydrogen-bond donors (Lipinski definition) is 2. The molecule has 0 atom stereocenters. The summed E-state index contributed by atoms with van der Waals surface area (Å²) >= 11 is 18.0. The van der Waals surface area contributed by atoms with Crippen molar-refractivity contribution in [3.8, 4) is 0 Å². The van der Waals surface area contributed by atoms with Crippen molar-refractivity contribution in [1.82, 2.24) is 4.98 Å². The molecule has 0 unspecified atom stereocenters. The van der Waals surface area contributed by atoms with E-state index < -0.39 is 0 Å². The molecule has 4 rings (SSSR count). The number of nitrogens with zero attached hydrogens (tertiary/aromatic N) is 1. The molecule has 0 aliphatic carbocycles. The number of nitrogens with one attached hydrogen (secondary N) is 2. The monoisotopic (exact) mass is 473 g/mol. The van der Waals surface area contributed by atoms with Crippen LogP contribution in [0.2, 0.25) is 10.0 Å². The van der Waals surface area contributed by atoms with Crippen LogP contribution in [-0.4, -0.2) is 23.3 Å². The van der Waals surface area contributed by atoms with Crippen molar-refractivity contribution in [2.24, 2.45) is 0 Å². The standard InChI is InChI=1S/C24H22Cl3N3O/c1-14-7-15(2)28-22(14)9-17-13-30(12-16-3-5-20(26)21(27)8-16)23-6-4-18(10-19(17)23)29-24(31)11-25/h3-10,28H,11-13H2,1-2H3,(H,29,31)/b17-9+. The number of hydrogen-bond acceptors (Lipinski definition) is 2. The van der Waals surface area contributed by atoms with Crippen molar-refractivity contribution >= 4 is 63.7 Å². The van der Waals surface area contributed by atoms with Gasteiger partial charge in [-0.2, -0.15) is 0 Å². The van der Waals surface area contributed by atoms with Gasteiger partial charge >= 0.3 is 0 Å². The van der Waals surface area contributed by atoms with Crippen LogP contribution in [0, 0.1) is 13.8 Å². The minimum atomic E-state index is -0.228. The molecule has 4 nitrogen and oxygen atoms in total. The number of aryl methyl sites for hydroxylation is 2. The van der Waals surface area contributed by atoms with Crippen molar-refractivity contribution < 1.29 is 4.79 Å². The average molecular weight is 475 g/mol. The Morgan fingerprint density at radius 1 is 1.13 bits per heavy atom. The zero-order valence-corrected chi connectivity index (χ0v) is 19.5. The first-order chi connectivity index (χ1) is 14.8. The lowest BCUT2D eigenvalue weighted by molar-refractivity contribution is -0.113. The molecule has 2 N–H and O–H groups in total. The Balaban J connectivity index is 1.72. The summed E-state index contributed by atoms with van der Waals surface area (Å²) in [7, 11) is 0. The maximum Gasteiger partial charge on any atom is 0.239 e. The Labute approximate surface area is 196 Å². The highest BCUT2D eigenvalue weighted by molar-refractivity contribution is 6.42. The number of anilines is 2. The number of alkyl halides is 1. The van der Waals surface area contributed by atoms with E-state index >= 15 is 0 Å². The number of rotatable bonds is 5. The molecule has 0 bridgehead atoms. The van der Waals surface area contributed by atoms with Crippen molar-refractivity contribution in [2.75, 3.05) is 22.6 Å². The van der Waals surface area contributed by atoms with Crippen LogP contribution in [0.15, 0.2) is 42.5 Å². The SMILES string of the molecule is Cc1cc(C)c(/C=C2\CN(Cc3ccc(Cl)c(Cl)c3)c3ccc(NC(=O)CCl)cc32)[nH]1. The summed E-state index contributed by atoms with van der Waals surface area (Å²) < 4.78 is 0. The summed E-state index contributed by atoms with van der Waals surface area (Å²) in [6.07, 6.45) is 2.18. The van der Waals surface area contributed by atoms with Gasteiger partial charge in [0.2, 0.25) is 5.91 Å². The van der Waals surface area contributed by atoms with Crippen molar-refractivity contribution in [3.63, 3.8) is 0 Å². The molecule has 7 heteroatoms. The molecular weight excluding hydrogens is 453 g/mol. The first kappa shape index (κ1) is 21.8. The van der Waals surface area contributed by atoms with Gasteiger partial charge in [0.1, 0.15) is 5.88 Å². The summed E-state index contributed by atoms with van der Waals surface area (Å²) in [6.45, 7) is 5.57. The highest BCUT2D eigenvalue weighted by Crippen LogP contribution is 2.40. The number of fused-ring (bicyclic) bond motifs is 1. The molecule has 2 aromatic carbocycles. The Bertz CT molecular complexity index is 1180. The molecule has 160 valence electrons. The molecule has 0 fully saturated rings. The number of H-pyrrole nitrogens is 1. The Kier molecular flexibility index (Phi) is 6.33. The second kappa shape index (κ2) is 8.99. The average Bonchev–Trinajstić information content (AvgIpc) is 3.23. The fourth-order valence-corrected chi connectivity index (χ4v) is 4.30. The number of amides is 1. The molecule has 0 saturated heterocycles. The number of carbonyl (C=O) groups excluding carboxylic acids is 1. The fourth-order valence-electron chi connectivity index (χ4n) is 3.91. The minimum Gasteiger partial charge on any atom is -0.362 e. The lowest BCUT2D eigenvalue weighted by Gasteiger charge is -2.19. The van der Waals surface area contributed by atoms with Crippen molar-refractivity contribution in [2.45, 2.75) is 20.4 Å². The van der Waals surface area contributed by atoms with E-state index in [0.717, 1.165) is 40.4 Å². The van der Waals surface area contributed by atoms with Crippen LogP contribution in [0.1, 0.15) is 28.1 Å². The number of aromatic amines is 1. The normalized spacial score (nSPS) is 14.2. The van der Waals surface area contributed by atoms with Gasteiger partial charge in [0.25, 0.3) is 0 Å². The van der Waals surface area contributed by atoms with Crippen LogP contribution in [0.3, 0.4) is 0 Å². The Morgan fingerprint density at radius 3 is 2.61 bits per heavy atom. The highest BCUT2D eigenvalue weighted by atomic mass is 35.5. The predicted molar refractivity (Wildman–Crippen MR) is 131 cm³/mol. The van der Waals surface area contributed by atoms with E-state index in [-0.39, 0.29) is 11.8 Å². The van der Waals surface area contributed by atoms with E-state index in [2.05, 4.69) is 34.3 Å². The summed E-state index contributed by atoms with van der Waals surface area (Å²) in [5.41, 5.74) is 8.56. The van der Waals surface area contributed by atoms with Gasteiger partial charge < -0.3 is 15.2 Å². The van der Waals surface area contributed by atoms with Gasteiger partial charge in [0, 0.05) is 41.4 Å². The minimum absolute atomic E-state index is 0.0792. The lowest BCUT2D eigenvalue weighted by atomic mass is 10.0. The molecule has 0 spiro atoms. The van der Waals surface area contributed by atoms with Gasteiger partial charge in [-0.25, -0.2) is 0 Å². The fraction of sp³-hybridized carbons (Fsp3) is 0.208. The van der Waals surface area contributed by atoms with Crippen LogP contribution in [-0.2, 0) is 11.3 Å². The van der Waals surface area contributed by atoms with Gasteiger partial charge in [0.05, 0.1) is 10.0 Å². The third-order valence-electron chi connectivity index (χ3n) is 5.32. The van der Waals surface area contributed by atoms with E-state index in [0.29, 0.717) is 16.6 Å². The zero-order chi connectivity index (χ0) is 22.1. The van der Waals surface area contributed by atoms with Gasteiger partial charge in [-0.1, -0.05) is 29.3 Å². The third-order valence-corrected chi connectivity index (χ3v) is 6.30.